The fourth-order valence-corrected chi connectivity index (χ4v) is 7.70. The van der Waals surface area contributed by atoms with Crippen molar-refractivity contribution in [1.29, 1.82) is 0 Å². The maximum Gasteiger partial charge on any atom is 0.306 e. The van der Waals surface area contributed by atoms with E-state index in [1.165, 1.54) is 0 Å². The number of fused-ring (bicyclic) bond motifs is 5. The van der Waals surface area contributed by atoms with Gasteiger partial charge in [0.15, 0.2) is 12.4 Å². The van der Waals surface area contributed by atoms with E-state index in [2.05, 4.69) is 6.92 Å². The number of carbonyl (C=O) groups excluding carboxylic acids is 3. The van der Waals surface area contributed by atoms with Crippen molar-refractivity contribution in [3.8, 4) is 0 Å². The zero-order chi connectivity index (χ0) is 24.2. The molecule has 8 heteroatoms. The number of hydrogen-bond acceptors (Lipinski definition) is 7. The molecule has 7 atom stereocenters. The predicted octanol–water partition coefficient (Wildman–Crippen LogP) is 2.20. The topological polar surface area (TPSA) is 138 Å². The monoisotopic (exact) mass is 462 g/mol. The number of esters is 1. The summed E-state index contributed by atoms with van der Waals surface area (Å²) in [5.41, 5.74) is -1.68. The minimum Gasteiger partial charge on any atom is -0.481 e. The zero-order valence-corrected chi connectivity index (χ0v) is 19.3. The molecular formula is C25H34O8. The van der Waals surface area contributed by atoms with Crippen molar-refractivity contribution in [2.24, 2.45) is 28.6 Å². The summed E-state index contributed by atoms with van der Waals surface area (Å²) in [4.78, 5) is 47.5. The number of allylic oxidation sites excluding steroid dienone is 1. The van der Waals surface area contributed by atoms with E-state index in [1.54, 1.807) is 6.08 Å². The molecule has 0 spiro atoms. The molecule has 0 heterocycles. The van der Waals surface area contributed by atoms with Crippen molar-refractivity contribution < 1.29 is 39.2 Å². The first-order valence-corrected chi connectivity index (χ1v) is 12.0. The second kappa shape index (κ2) is 8.31. The van der Waals surface area contributed by atoms with Crippen LogP contribution in [-0.2, 0) is 23.9 Å². The van der Waals surface area contributed by atoms with Gasteiger partial charge in [0.25, 0.3) is 0 Å². The SMILES string of the molecule is C[C@]12CCC(=O)C=C1CC[C@@H]1C3CC[C@](O)(C(=O)COC(=O)CCC(=O)O)[C@@]3(C)C[C@H](O)[C@H]12. The normalized spacial score (nSPS) is 41.9. The Morgan fingerprint density at radius 3 is 2.55 bits per heavy atom. The van der Waals surface area contributed by atoms with Gasteiger partial charge in [-0.1, -0.05) is 19.4 Å². The zero-order valence-electron chi connectivity index (χ0n) is 19.3. The number of hydrogen-bond donors (Lipinski definition) is 3. The molecule has 0 radical (unpaired) electrons. The molecule has 0 amide bonds. The van der Waals surface area contributed by atoms with Crippen LogP contribution in [0.4, 0.5) is 0 Å². The maximum absolute atomic E-state index is 13.1. The quantitative estimate of drug-likeness (QED) is 0.511. The van der Waals surface area contributed by atoms with E-state index in [9.17, 15) is 29.4 Å². The van der Waals surface area contributed by atoms with Gasteiger partial charge in [0.2, 0.25) is 5.78 Å². The second-order valence-electron chi connectivity index (χ2n) is 11.0. The summed E-state index contributed by atoms with van der Waals surface area (Å²) in [6.45, 7) is 3.41. The van der Waals surface area contributed by atoms with Gasteiger partial charge >= 0.3 is 11.9 Å². The molecule has 1 unspecified atom stereocenters. The van der Waals surface area contributed by atoms with Crippen molar-refractivity contribution >= 4 is 23.5 Å². The average molecular weight is 463 g/mol. The van der Waals surface area contributed by atoms with Gasteiger partial charge in [-0.3, -0.25) is 19.2 Å². The molecular weight excluding hydrogens is 428 g/mol. The molecule has 182 valence electrons. The van der Waals surface area contributed by atoms with Crippen LogP contribution < -0.4 is 0 Å². The summed E-state index contributed by atoms with van der Waals surface area (Å²) in [6, 6.07) is 0. The molecule has 0 aromatic heterocycles. The molecule has 4 aliphatic carbocycles. The van der Waals surface area contributed by atoms with Crippen molar-refractivity contribution in [1.82, 2.24) is 0 Å². The van der Waals surface area contributed by atoms with Crippen LogP contribution in [0.25, 0.3) is 0 Å². The molecule has 33 heavy (non-hydrogen) atoms. The highest BCUT2D eigenvalue weighted by Crippen LogP contribution is 2.67. The van der Waals surface area contributed by atoms with Gasteiger partial charge in [0, 0.05) is 11.8 Å². The Hall–Kier alpha value is -2.06. The highest BCUT2D eigenvalue weighted by atomic mass is 16.5. The Labute approximate surface area is 193 Å². The van der Waals surface area contributed by atoms with Crippen molar-refractivity contribution in [2.75, 3.05) is 6.61 Å². The first-order chi connectivity index (χ1) is 15.4. The number of rotatable bonds is 6. The molecule has 0 aromatic rings. The van der Waals surface area contributed by atoms with Gasteiger partial charge in [-0.05, 0) is 67.8 Å². The Kier molecular flexibility index (Phi) is 6.06. The highest BCUT2D eigenvalue weighted by molar-refractivity contribution is 5.92. The standard InChI is InChI=1S/C25H34O8/c1-23-9-7-15(26)11-14(23)3-4-16-17-8-10-25(32,24(17,2)12-18(27)22(16)23)19(28)13-33-21(31)6-5-20(29)30/h11,16-18,22,27,32H,3-10,12-13H2,1-2H3,(H,29,30)/t16-,17?,18+,22+,23+,24+,25+/m1/s1. The van der Waals surface area contributed by atoms with E-state index >= 15 is 0 Å². The smallest absolute Gasteiger partial charge is 0.306 e. The largest absolute Gasteiger partial charge is 0.481 e. The molecule has 3 saturated carbocycles. The van der Waals surface area contributed by atoms with Crippen LogP contribution in [0.3, 0.4) is 0 Å². The molecule has 3 fully saturated rings. The number of carboxylic acids is 1. The second-order valence-corrected chi connectivity index (χ2v) is 11.0. The lowest BCUT2D eigenvalue weighted by Crippen LogP contribution is -2.62. The van der Waals surface area contributed by atoms with E-state index in [1.807, 2.05) is 6.92 Å². The lowest BCUT2D eigenvalue weighted by molar-refractivity contribution is -0.184. The lowest BCUT2D eigenvalue weighted by Gasteiger charge is -2.60. The van der Waals surface area contributed by atoms with Crippen molar-refractivity contribution in [3.05, 3.63) is 11.6 Å². The highest BCUT2D eigenvalue weighted by Gasteiger charge is 2.68. The number of carboxylic acid groups (broad SMARTS) is 1. The minimum atomic E-state index is -1.71. The summed E-state index contributed by atoms with van der Waals surface area (Å²) in [6.07, 6.45) is 4.30. The van der Waals surface area contributed by atoms with Crippen LogP contribution >= 0.6 is 0 Å². The molecule has 0 bridgehead atoms. The van der Waals surface area contributed by atoms with Crippen LogP contribution in [0, 0.1) is 28.6 Å². The predicted molar refractivity (Wildman–Crippen MR) is 116 cm³/mol. The van der Waals surface area contributed by atoms with Crippen LogP contribution in [-0.4, -0.2) is 57.1 Å². The first kappa shape index (κ1) is 24.1. The van der Waals surface area contributed by atoms with Gasteiger partial charge in [0.1, 0.15) is 5.60 Å². The van der Waals surface area contributed by atoms with Crippen LogP contribution in [0.15, 0.2) is 11.6 Å². The van der Waals surface area contributed by atoms with Crippen LogP contribution in [0.5, 0.6) is 0 Å². The van der Waals surface area contributed by atoms with Crippen LogP contribution in [0.1, 0.15) is 71.6 Å². The maximum atomic E-state index is 13.1. The number of aliphatic hydroxyl groups excluding tert-OH is 1. The molecule has 4 aliphatic rings. The number of carbonyl (C=O) groups is 4. The number of aliphatic hydroxyl groups is 2. The molecule has 0 saturated heterocycles. The Morgan fingerprint density at radius 1 is 1.12 bits per heavy atom. The molecule has 0 aliphatic heterocycles. The van der Waals surface area contributed by atoms with Gasteiger partial charge in [0.05, 0.1) is 18.9 Å². The van der Waals surface area contributed by atoms with E-state index in [-0.39, 0.29) is 54.6 Å². The van der Waals surface area contributed by atoms with E-state index < -0.39 is 41.4 Å². The summed E-state index contributed by atoms with van der Waals surface area (Å²) in [7, 11) is 0. The van der Waals surface area contributed by atoms with Gasteiger partial charge < -0.3 is 20.1 Å². The van der Waals surface area contributed by atoms with Gasteiger partial charge in [-0.2, -0.15) is 0 Å². The minimum absolute atomic E-state index is 0.0185. The van der Waals surface area contributed by atoms with Crippen molar-refractivity contribution in [3.63, 3.8) is 0 Å². The Morgan fingerprint density at radius 2 is 1.85 bits per heavy atom. The average Bonchev–Trinajstić information content (AvgIpc) is 3.02. The summed E-state index contributed by atoms with van der Waals surface area (Å²) < 4.78 is 4.97. The summed E-state index contributed by atoms with van der Waals surface area (Å²) in [5, 5.41) is 31.6. The first-order valence-electron chi connectivity index (χ1n) is 12.0. The number of ether oxygens (including phenoxy) is 1. The van der Waals surface area contributed by atoms with E-state index in [0.717, 1.165) is 24.8 Å². The summed E-state index contributed by atoms with van der Waals surface area (Å²) >= 11 is 0. The van der Waals surface area contributed by atoms with Crippen LogP contribution in [0.2, 0.25) is 0 Å². The molecule has 4 rings (SSSR count). The third kappa shape index (κ3) is 3.75. The van der Waals surface area contributed by atoms with Gasteiger partial charge in [-0.25, -0.2) is 0 Å². The number of ketones is 2. The third-order valence-corrected chi connectivity index (χ3v) is 9.42. The fourth-order valence-electron chi connectivity index (χ4n) is 7.70. The third-order valence-electron chi connectivity index (χ3n) is 9.42. The van der Waals surface area contributed by atoms with Gasteiger partial charge in [-0.15, -0.1) is 0 Å². The van der Waals surface area contributed by atoms with E-state index in [0.29, 0.717) is 12.8 Å². The van der Waals surface area contributed by atoms with E-state index in [4.69, 9.17) is 9.84 Å². The number of aliphatic carboxylic acids is 1. The number of Topliss-reactive ketones (excluding diaryl/α,β-unsaturated/α-hetero) is 1. The molecule has 3 N–H and O–H groups in total. The summed E-state index contributed by atoms with van der Waals surface area (Å²) in [5.74, 6) is -2.20. The molecule has 0 aromatic carbocycles. The fraction of sp³-hybridized carbons (Fsp3) is 0.760. The lowest BCUT2D eigenvalue weighted by atomic mass is 9.45. The van der Waals surface area contributed by atoms with Crippen molar-refractivity contribution in [2.45, 2.75) is 83.3 Å². The Bertz CT molecular complexity index is 908. The molecule has 8 nitrogen and oxygen atoms in total. The Balaban J connectivity index is 1.53.